The molecule has 0 saturated heterocycles. The van der Waals surface area contributed by atoms with Crippen LogP contribution in [0.4, 0.5) is 0 Å². The fourth-order valence-electron chi connectivity index (χ4n) is 2.74. The van der Waals surface area contributed by atoms with Gasteiger partial charge in [-0.25, -0.2) is 9.67 Å². The normalized spacial score (nSPS) is 28.8. The molecule has 1 saturated carbocycles. The minimum atomic E-state index is 0.487. The number of nitrogens with one attached hydrogen (secondary N) is 1. The molecule has 0 radical (unpaired) electrons. The molecule has 0 aliphatic heterocycles. The first kappa shape index (κ1) is 13.5. The third-order valence-corrected chi connectivity index (χ3v) is 4.23. The van der Waals surface area contributed by atoms with Crippen LogP contribution < -0.4 is 5.32 Å². The first-order valence-electron chi connectivity index (χ1n) is 7.19. The Hall–Kier alpha value is -0.900. The van der Waals surface area contributed by atoms with Crippen LogP contribution in [0.2, 0.25) is 0 Å². The van der Waals surface area contributed by atoms with E-state index in [1.165, 1.54) is 19.3 Å². The van der Waals surface area contributed by atoms with Crippen molar-refractivity contribution in [2.45, 2.75) is 65.6 Å². The first-order chi connectivity index (χ1) is 8.58. The van der Waals surface area contributed by atoms with Crippen molar-refractivity contribution in [3.63, 3.8) is 0 Å². The molecular formula is C14H26N4. The molecule has 0 spiro atoms. The van der Waals surface area contributed by atoms with E-state index >= 15 is 0 Å². The van der Waals surface area contributed by atoms with Gasteiger partial charge in [0.05, 0.1) is 12.6 Å². The van der Waals surface area contributed by atoms with E-state index in [1.807, 2.05) is 0 Å². The largest absolute Gasteiger partial charge is 0.308 e. The van der Waals surface area contributed by atoms with Crippen molar-refractivity contribution >= 4 is 0 Å². The Morgan fingerprint density at radius 3 is 2.78 bits per heavy atom. The Morgan fingerprint density at radius 2 is 2.11 bits per heavy atom. The maximum Gasteiger partial charge on any atom is 0.141 e. The summed E-state index contributed by atoms with van der Waals surface area (Å²) < 4.78 is 2.15. The summed E-state index contributed by atoms with van der Waals surface area (Å²) in [5, 5.41) is 7.87. The van der Waals surface area contributed by atoms with E-state index in [-0.39, 0.29) is 0 Å². The highest BCUT2D eigenvalue weighted by Gasteiger charge is 2.27. The summed E-state index contributed by atoms with van der Waals surface area (Å²) in [6.07, 6.45) is 5.48. The number of nitrogens with zero attached hydrogens (tertiary/aromatic N) is 3. The van der Waals surface area contributed by atoms with Gasteiger partial charge in [-0.3, -0.25) is 0 Å². The summed E-state index contributed by atoms with van der Waals surface area (Å²) in [7, 11) is 0. The van der Waals surface area contributed by atoms with Gasteiger partial charge < -0.3 is 5.32 Å². The highest BCUT2D eigenvalue weighted by atomic mass is 15.4. The minimum absolute atomic E-state index is 0.487. The summed E-state index contributed by atoms with van der Waals surface area (Å²) in [4.78, 5) is 4.40. The van der Waals surface area contributed by atoms with Crippen molar-refractivity contribution in [1.29, 1.82) is 0 Å². The number of hydrogen-bond acceptors (Lipinski definition) is 3. The molecule has 2 rings (SSSR count). The lowest BCUT2D eigenvalue weighted by Crippen LogP contribution is -2.28. The Labute approximate surface area is 110 Å². The smallest absolute Gasteiger partial charge is 0.141 e. The van der Waals surface area contributed by atoms with Crippen molar-refractivity contribution in [2.24, 2.45) is 11.8 Å². The van der Waals surface area contributed by atoms with Crippen LogP contribution in [0.5, 0.6) is 0 Å². The van der Waals surface area contributed by atoms with Crippen LogP contribution in [-0.4, -0.2) is 20.8 Å². The lowest BCUT2D eigenvalue weighted by Gasteiger charge is -2.32. The number of aromatic nitrogens is 3. The van der Waals surface area contributed by atoms with E-state index in [0.717, 1.165) is 24.2 Å². The van der Waals surface area contributed by atoms with Gasteiger partial charge in [0.15, 0.2) is 0 Å². The molecule has 1 heterocycles. The van der Waals surface area contributed by atoms with Crippen LogP contribution in [0.1, 0.15) is 58.8 Å². The zero-order valence-corrected chi connectivity index (χ0v) is 12.1. The summed E-state index contributed by atoms with van der Waals surface area (Å²) in [6, 6.07) is 1.03. The quantitative estimate of drug-likeness (QED) is 0.893. The van der Waals surface area contributed by atoms with E-state index in [1.54, 1.807) is 6.33 Å². The Kier molecular flexibility index (Phi) is 4.38. The van der Waals surface area contributed by atoms with Crippen LogP contribution in [0.15, 0.2) is 6.33 Å². The summed E-state index contributed by atoms with van der Waals surface area (Å²) in [5.74, 6) is 2.72. The third-order valence-electron chi connectivity index (χ3n) is 4.23. The second-order valence-electron chi connectivity index (χ2n) is 6.08. The van der Waals surface area contributed by atoms with Crippen molar-refractivity contribution in [2.75, 3.05) is 0 Å². The van der Waals surface area contributed by atoms with Crippen LogP contribution in [-0.2, 0) is 6.54 Å². The lowest BCUT2D eigenvalue weighted by molar-refractivity contribution is 0.197. The molecule has 4 heteroatoms. The Bertz CT molecular complexity index is 372. The standard InChI is InChI=1S/C14H26N4/c1-10(2)15-8-14-16-9-17-18(14)13-6-5-11(3)12(4)7-13/h9-13,15H,5-8H2,1-4H3. The molecular weight excluding hydrogens is 224 g/mol. The van der Waals surface area contributed by atoms with Gasteiger partial charge in [0.25, 0.3) is 0 Å². The Balaban J connectivity index is 2.02. The molecule has 1 aliphatic rings. The van der Waals surface area contributed by atoms with Crippen LogP contribution in [0, 0.1) is 11.8 Å². The fourth-order valence-corrected chi connectivity index (χ4v) is 2.74. The maximum absolute atomic E-state index is 4.44. The molecule has 1 aromatic heterocycles. The van der Waals surface area contributed by atoms with Gasteiger partial charge in [0, 0.05) is 6.04 Å². The average Bonchev–Trinajstić information content (AvgIpc) is 2.78. The average molecular weight is 250 g/mol. The predicted octanol–water partition coefficient (Wildman–Crippen LogP) is 2.77. The van der Waals surface area contributed by atoms with Crippen molar-refractivity contribution in [1.82, 2.24) is 20.1 Å². The zero-order chi connectivity index (χ0) is 13.1. The highest BCUT2D eigenvalue weighted by Crippen LogP contribution is 2.36. The minimum Gasteiger partial charge on any atom is -0.308 e. The van der Waals surface area contributed by atoms with Crippen LogP contribution >= 0.6 is 0 Å². The van der Waals surface area contributed by atoms with E-state index < -0.39 is 0 Å². The Morgan fingerprint density at radius 1 is 1.33 bits per heavy atom. The molecule has 0 aromatic carbocycles. The SMILES string of the molecule is CC(C)NCc1ncnn1C1CCC(C)C(C)C1. The van der Waals surface area contributed by atoms with E-state index in [4.69, 9.17) is 0 Å². The molecule has 4 nitrogen and oxygen atoms in total. The van der Waals surface area contributed by atoms with Gasteiger partial charge in [0.2, 0.25) is 0 Å². The predicted molar refractivity (Wildman–Crippen MR) is 73.2 cm³/mol. The van der Waals surface area contributed by atoms with Crippen molar-refractivity contribution in [3.8, 4) is 0 Å². The van der Waals surface area contributed by atoms with Gasteiger partial charge in [-0.15, -0.1) is 0 Å². The lowest BCUT2D eigenvalue weighted by atomic mass is 9.79. The molecule has 1 aromatic rings. The summed E-state index contributed by atoms with van der Waals surface area (Å²) >= 11 is 0. The van der Waals surface area contributed by atoms with Crippen LogP contribution in [0.25, 0.3) is 0 Å². The van der Waals surface area contributed by atoms with Crippen molar-refractivity contribution < 1.29 is 0 Å². The van der Waals surface area contributed by atoms with E-state index in [2.05, 4.69) is 47.8 Å². The molecule has 3 unspecified atom stereocenters. The van der Waals surface area contributed by atoms with Gasteiger partial charge in [-0.05, 0) is 31.1 Å². The van der Waals surface area contributed by atoms with Gasteiger partial charge in [-0.1, -0.05) is 27.7 Å². The second-order valence-corrected chi connectivity index (χ2v) is 6.08. The molecule has 1 N–H and O–H groups in total. The highest BCUT2D eigenvalue weighted by molar-refractivity contribution is 4.90. The molecule has 102 valence electrons. The second kappa shape index (κ2) is 5.83. The zero-order valence-electron chi connectivity index (χ0n) is 12.1. The molecule has 3 atom stereocenters. The first-order valence-corrected chi connectivity index (χ1v) is 7.19. The molecule has 1 aliphatic carbocycles. The number of rotatable bonds is 4. The third kappa shape index (κ3) is 3.10. The summed E-state index contributed by atoms with van der Waals surface area (Å²) in [5.41, 5.74) is 0. The number of hydrogen-bond donors (Lipinski definition) is 1. The van der Waals surface area contributed by atoms with E-state index in [0.29, 0.717) is 12.1 Å². The van der Waals surface area contributed by atoms with Gasteiger partial charge >= 0.3 is 0 Å². The van der Waals surface area contributed by atoms with Crippen molar-refractivity contribution in [3.05, 3.63) is 12.2 Å². The molecule has 1 fully saturated rings. The molecule has 18 heavy (non-hydrogen) atoms. The molecule has 0 amide bonds. The van der Waals surface area contributed by atoms with E-state index in [9.17, 15) is 0 Å². The van der Waals surface area contributed by atoms with Crippen LogP contribution in [0.3, 0.4) is 0 Å². The summed E-state index contributed by atoms with van der Waals surface area (Å²) in [6.45, 7) is 9.86. The van der Waals surface area contributed by atoms with Gasteiger partial charge in [0.1, 0.15) is 12.2 Å². The topological polar surface area (TPSA) is 42.7 Å². The maximum atomic E-state index is 4.44. The monoisotopic (exact) mass is 250 g/mol. The molecule has 0 bridgehead atoms. The fraction of sp³-hybridized carbons (Fsp3) is 0.857. The van der Waals surface area contributed by atoms with Gasteiger partial charge in [-0.2, -0.15) is 5.10 Å².